The van der Waals surface area contributed by atoms with Crippen molar-refractivity contribution in [2.75, 3.05) is 94.2 Å². The van der Waals surface area contributed by atoms with Crippen LogP contribution in [0, 0.1) is 0 Å². The van der Waals surface area contributed by atoms with Gasteiger partial charge in [-0.05, 0) is 35.4 Å². The Labute approximate surface area is 250 Å². The standard InChI is InChI=1S/C20H24O6S2.C8H18O5/c1-22-13-8-12(9-14(23-2)18(13)21)20-27-10-17(28-20)11-6-15(24-3)19(26-5)16(7-11)25-4;9-1-3-11-5-7-13-8-6-12-4-2-10/h6-9,17,20-21H,10H2,1-5H3;9-10H,1-8H2. The van der Waals surface area contributed by atoms with Gasteiger partial charge in [-0.25, -0.2) is 0 Å². The highest BCUT2D eigenvalue weighted by molar-refractivity contribution is 8.19. The maximum absolute atomic E-state index is 10.1. The zero-order valence-corrected chi connectivity index (χ0v) is 25.9. The van der Waals surface area contributed by atoms with E-state index in [9.17, 15) is 5.11 Å². The molecule has 2 unspecified atom stereocenters. The average molecular weight is 619 g/mol. The summed E-state index contributed by atoms with van der Waals surface area (Å²) in [6.45, 7) is 2.76. The lowest BCUT2D eigenvalue weighted by Gasteiger charge is -2.17. The fourth-order valence-corrected chi connectivity index (χ4v) is 7.02. The molecule has 3 rings (SSSR count). The number of aliphatic hydroxyl groups is 2. The van der Waals surface area contributed by atoms with Gasteiger partial charge >= 0.3 is 0 Å². The number of aromatic hydroxyl groups is 1. The first kappa shape index (κ1) is 34.9. The van der Waals surface area contributed by atoms with Crippen LogP contribution in [0.15, 0.2) is 24.3 Å². The van der Waals surface area contributed by atoms with Gasteiger partial charge in [0.2, 0.25) is 11.5 Å². The van der Waals surface area contributed by atoms with E-state index in [1.54, 1.807) is 21.3 Å². The molecule has 0 saturated carbocycles. The molecule has 2 atom stereocenters. The van der Waals surface area contributed by atoms with Gasteiger partial charge in [-0.3, -0.25) is 0 Å². The van der Waals surface area contributed by atoms with Crippen LogP contribution in [0.1, 0.15) is 21.0 Å². The van der Waals surface area contributed by atoms with Gasteiger partial charge < -0.3 is 53.2 Å². The van der Waals surface area contributed by atoms with Gasteiger partial charge in [0, 0.05) is 11.0 Å². The number of benzene rings is 2. The topological polar surface area (TPSA) is 135 Å². The van der Waals surface area contributed by atoms with Crippen molar-refractivity contribution in [3.05, 3.63) is 35.4 Å². The Hall–Kier alpha value is -2.26. The minimum Gasteiger partial charge on any atom is -0.502 e. The SMILES string of the molecule is COc1cc(C2SCC(c3cc(OC)c(OC)c(OC)c3)S2)cc(OC)c1O.OCCOCCOCCOCCO. The number of hydrogen-bond donors (Lipinski definition) is 3. The van der Waals surface area contributed by atoms with E-state index in [4.69, 9.17) is 48.1 Å². The highest BCUT2D eigenvalue weighted by atomic mass is 32.2. The Kier molecular flexibility index (Phi) is 16.9. The Balaban J connectivity index is 0.000000383. The second-order valence-corrected chi connectivity index (χ2v) is 11.1. The molecule has 13 heteroatoms. The summed E-state index contributed by atoms with van der Waals surface area (Å²) in [5.41, 5.74) is 2.16. The van der Waals surface area contributed by atoms with Crippen LogP contribution in [0.5, 0.6) is 34.5 Å². The van der Waals surface area contributed by atoms with Crippen molar-refractivity contribution in [1.29, 1.82) is 0 Å². The Morgan fingerprint density at radius 1 is 0.634 bits per heavy atom. The number of ether oxygens (including phenoxy) is 8. The minimum absolute atomic E-state index is 0.0166. The maximum Gasteiger partial charge on any atom is 0.203 e. The zero-order chi connectivity index (χ0) is 30.0. The molecule has 1 saturated heterocycles. The van der Waals surface area contributed by atoms with Crippen LogP contribution in [-0.2, 0) is 14.2 Å². The van der Waals surface area contributed by atoms with E-state index in [1.807, 2.05) is 47.8 Å². The van der Waals surface area contributed by atoms with Crippen LogP contribution in [-0.4, -0.2) is 109 Å². The number of phenolic OH excluding ortho intramolecular Hbond substituents is 1. The maximum atomic E-state index is 10.1. The van der Waals surface area contributed by atoms with Crippen LogP contribution in [0.2, 0.25) is 0 Å². The van der Waals surface area contributed by atoms with E-state index >= 15 is 0 Å². The molecule has 0 aliphatic carbocycles. The summed E-state index contributed by atoms with van der Waals surface area (Å²) < 4.78 is 42.2. The van der Waals surface area contributed by atoms with E-state index in [1.165, 1.54) is 14.2 Å². The van der Waals surface area contributed by atoms with Crippen molar-refractivity contribution in [1.82, 2.24) is 0 Å². The number of phenols is 1. The van der Waals surface area contributed by atoms with Gasteiger partial charge in [0.25, 0.3) is 0 Å². The minimum atomic E-state index is 0.0166. The molecule has 0 bridgehead atoms. The van der Waals surface area contributed by atoms with Crippen molar-refractivity contribution >= 4 is 23.5 Å². The predicted octanol–water partition coefficient (Wildman–Crippen LogP) is 3.68. The van der Waals surface area contributed by atoms with Gasteiger partial charge in [-0.15, -0.1) is 23.5 Å². The Morgan fingerprint density at radius 3 is 1.49 bits per heavy atom. The highest BCUT2D eigenvalue weighted by Gasteiger charge is 2.31. The van der Waals surface area contributed by atoms with Gasteiger partial charge in [-0.2, -0.15) is 0 Å². The average Bonchev–Trinajstić information content (AvgIpc) is 3.50. The van der Waals surface area contributed by atoms with E-state index in [2.05, 4.69) is 0 Å². The molecule has 1 aliphatic rings. The van der Waals surface area contributed by atoms with E-state index in [0.29, 0.717) is 68.4 Å². The summed E-state index contributed by atoms with van der Waals surface area (Å²) >= 11 is 3.67. The number of thioether (sulfide) groups is 2. The van der Waals surface area contributed by atoms with Gasteiger partial charge in [0.15, 0.2) is 23.0 Å². The summed E-state index contributed by atoms with van der Waals surface area (Å²) in [5.74, 6) is 3.66. The normalized spacial score (nSPS) is 16.1. The molecule has 3 N–H and O–H groups in total. The molecule has 2 aromatic rings. The second-order valence-electron chi connectivity index (χ2n) is 8.31. The zero-order valence-electron chi connectivity index (χ0n) is 24.3. The molecule has 2 aromatic carbocycles. The lowest BCUT2D eigenvalue weighted by Crippen LogP contribution is -2.11. The van der Waals surface area contributed by atoms with Crippen LogP contribution in [0.3, 0.4) is 0 Å². The van der Waals surface area contributed by atoms with Crippen LogP contribution in [0.4, 0.5) is 0 Å². The summed E-state index contributed by atoms with van der Waals surface area (Å²) in [4.78, 5) is 0. The molecule has 1 fully saturated rings. The number of rotatable bonds is 17. The summed E-state index contributed by atoms with van der Waals surface area (Å²) in [7, 11) is 7.91. The molecular formula is C28H42O11S2. The smallest absolute Gasteiger partial charge is 0.203 e. The lowest BCUT2D eigenvalue weighted by molar-refractivity contribution is 0.00230. The molecule has 0 aromatic heterocycles. The van der Waals surface area contributed by atoms with Crippen molar-refractivity contribution in [2.24, 2.45) is 0 Å². The van der Waals surface area contributed by atoms with Crippen molar-refractivity contribution in [3.8, 4) is 34.5 Å². The molecule has 11 nitrogen and oxygen atoms in total. The van der Waals surface area contributed by atoms with Crippen LogP contribution < -0.4 is 23.7 Å². The molecule has 1 heterocycles. The third-order valence-corrected chi connectivity index (χ3v) is 9.08. The van der Waals surface area contributed by atoms with Gasteiger partial charge in [0.05, 0.1) is 93.0 Å². The predicted molar refractivity (Wildman–Crippen MR) is 159 cm³/mol. The summed E-state index contributed by atoms with van der Waals surface area (Å²) in [5, 5.41) is 27.1. The van der Waals surface area contributed by atoms with Crippen LogP contribution >= 0.6 is 23.5 Å². The molecular weight excluding hydrogens is 576 g/mol. The van der Waals surface area contributed by atoms with Crippen LogP contribution in [0.25, 0.3) is 0 Å². The first-order chi connectivity index (χ1) is 20.0. The molecule has 0 spiro atoms. The second kappa shape index (κ2) is 19.8. The van der Waals surface area contributed by atoms with E-state index < -0.39 is 0 Å². The van der Waals surface area contributed by atoms with Crippen molar-refractivity contribution in [3.63, 3.8) is 0 Å². The fourth-order valence-electron chi connectivity index (χ4n) is 3.76. The Morgan fingerprint density at radius 2 is 1.07 bits per heavy atom. The molecule has 41 heavy (non-hydrogen) atoms. The van der Waals surface area contributed by atoms with Gasteiger partial charge in [-0.1, -0.05) is 0 Å². The van der Waals surface area contributed by atoms with E-state index in [-0.39, 0.29) is 28.8 Å². The largest absolute Gasteiger partial charge is 0.502 e. The lowest BCUT2D eigenvalue weighted by atomic mass is 10.1. The Bertz CT molecular complexity index is 965. The molecule has 1 aliphatic heterocycles. The van der Waals surface area contributed by atoms with E-state index in [0.717, 1.165) is 16.9 Å². The molecule has 232 valence electrons. The summed E-state index contributed by atoms with van der Waals surface area (Å²) in [6.07, 6.45) is 0. The third-order valence-electron chi connectivity index (χ3n) is 5.74. The number of aliphatic hydroxyl groups excluding tert-OH is 2. The summed E-state index contributed by atoms with van der Waals surface area (Å²) in [6, 6.07) is 7.72. The quantitative estimate of drug-likeness (QED) is 0.223. The van der Waals surface area contributed by atoms with Gasteiger partial charge in [0.1, 0.15) is 0 Å². The first-order valence-corrected chi connectivity index (χ1v) is 14.9. The fraction of sp³-hybridized carbons (Fsp3) is 0.571. The number of hydrogen-bond acceptors (Lipinski definition) is 13. The third kappa shape index (κ3) is 10.8. The van der Waals surface area contributed by atoms with Crippen molar-refractivity contribution < 1.29 is 53.2 Å². The highest BCUT2D eigenvalue weighted by Crippen LogP contribution is 2.58. The van der Waals surface area contributed by atoms with Crippen molar-refractivity contribution in [2.45, 2.75) is 9.83 Å². The first-order valence-electron chi connectivity index (χ1n) is 12.9. The molecule has 0 radical (unpaired) electrons. The monoisotopic (exact) mass is 618 g/mol. The number of methoxy groups -OCH3 is 5. The molecule has 0 amide bonds.